The summed E-state index contributed by atoms with van der Waals surface area (Å²) in [5, 5.41) is 2.52. The number of hydrogen-bond donors (Lipinski definition) is 0. The van der Waals surface area contributed by atoms with Gasteiger partial charge in [-0.1, -0.05) is 72.8 Å². The SMILES string of the molecule is Cc1nc2cccc(OCc3ccccc3)c2n1Cc1ccc2ccccc2c1. The Morgan fingerprint density at radius 1 is 0.759 bits per heavy atom. The Labute approximate surface area is 170 Å². The smallest absolute Gasteiger partial charge is 0.145 e. The van der Waals surface area contributed by atoms with E-state index in [4.69, 9.17) is 9.72 Å². The van der Waals surface area contributed by atoms with Crippen LogP contribution >= 0.6 is 0 Å². The van der Waals surface area contributed by atoms with Crippen LogP contribution in [-0.2, 0) is 13.2 Å². The fraction of sp³-hybridized carbons (Fsp3) is 0.115. The molecule has 0 unspecified atom stereocenters. The molecule has 1 aromatic heterocycles. The molecule has 5 rings (SSSR count). The summed E-state index contributed by atoms with van der Waals surface area (Å²) in [7, 11) is 0. The van der Waals surface area contributed by atoms with E-state index in [0.29, 0.717) is 6.61 Å². The largest absolute Gasteiger partial charge is 0.487 e. The molecule has 0 fully saturated rings. The molecule has 0 aliphatic carbocycles. The van der Waals surface area contributed by atoms with Crippen molar-refractivity contribution in [3.8, 4) is 5.75 Å². The van der Waals surface area contributed by atoms with E-state index in [2.05, 4.69) is 72.2 Å². The van der Waals surface area contributed by atoms with Crippen molar-refractivity contribution in [1.82, 2.24) is 9.55 Å². The quantitative estimate of drug-likeness (QED) is 0.368. The molecule has 3 heteroatoms. The number of aromatic nitrogens is 2. The normalized spacial score (nSPS) is 11.2. The monoisotopic (exact) mass is 378 g/mol. The minimum absolute atomic E-state index is 0.542. The van der Waals surface area contributed by atoms with E-state index in [1.807, 2.05) is 30.3 Å². The van der Waals surface area contributed by atoms with Gasteiger partial charge < -0.3 is 9.30 Å². The lowest BCUT2D eigenvalue weighted by Crippen LogP contribution is -2.04. The van der Waals surface area contributed by atoms with Gasteiger partial charge in [0, 0.05) is 6.54 Å². The zero-order valence-electron chi connectivity index (χ0n) is 16.4. The lowest BCUT2D eigenvalue weighted by atomic mass is 10.1. The van der Waals surface area contributed by atoms with Crippen LogP contribution in [0.25, 0.3) is 21.8 Å². The molecule has 0 bridgehead atoms. The van der Waals surface area contributed by atoms with Gasteiger partial charge in [-0.3, -0.25) is 0 Å². The second kappa shape index (κ2) is 7.44. The summed E-state index contributed by atoms with van der Waals surface area (Å²) in [6, 6.07) is 31.4. The molecule has 5 aromatic rings. The Kier molecular flexibility index (Phi) is 4.49. The molecular weight excluding hydrogens is 356 g/mol. The summed E-state index contributed by atoms with van der Waals surface area (Å²) in [6.45, 7) is 3.36. The molecule has 0 saturated carbocycles. The molecule has 4 aromatic carbocycles. The number of para-hydroxylation sites is 1. The first kappa shape index (κ1) is 17.5. The van der Waals surface area contributed by atoms with Crippen molar-refractivity contribution >= 4 is 21.8 Å². The predicted molar refractivity (Wildman–Crippen MR) is 118 cm³/mol. The maximum atomic E-state index is 6.21. The first-order chi connectivity index (χ1) is 14.3. The fourth-order valence-corrected chi connectivity index (χ4v) is 3.83. The average molecular weight is 378 g/mol. The van der Waals surface area contributed by atoms with Crippen LogP contribution in [0.1, 0.15) is 17.0 Å². The molecule has 3 nitrogen and oxygen atoms in total. The summed E-state index contributed by atoms with van der Waals surface area (Å²) in [5.74, 6) is 1.86. The van der Waals surface area contributed by atoms with Gasteiger partial charge in [-0.05, 0) is 47.0 Å². The van der Waals surface area contributed by atoms with E-state index in [-0.39, 0.29) is 0 Å². The van der Waals surface area contributed by atoms with E-state index >= 15 is 0 Å². The van der Waals surface area contributed by atoms with Crippen molar-refractivity contribution in [1.29, 1.82) is 0 Å². The van der Waals surface area contributed by atoms with Gasteiger partial charge in [0.25, 0.3) is 0 Å². The molecule has 0 atom stereocenters. The summed E-state index contributed by atoms with van der Waals surface area (Å²) < 4.78 is 8.46. The summed E-state index contributed by atoms with van der Waals surface area (Å²) >= 11 is 0. The molecule has 0 spiro atoms. The highest BCUT2D eigenvalue weighted by atomic mass is 16.5. The maximum Gasteiger partial charge on any atom is 0.145 e. The Morgan fingerprint density at radius 2 is 1.55 bits per heavy atom. The van der Waals surface area contributed by atoms with Crippen molar-refractivity contribution < 1.29 is 4.74 Å². The second-order valence-electron chi connectivity index (χ2n) is 7.32. The van der Waals surface area contributed by atoms with Crippen LogP contribution in [0.15, 0.2) is 91.0 Å². The van der Waals surface area contributed by atoms with E-state index < -0.39 is 0 Å². The minimum Gasteiger partial charge on any atom is -0.487 e. The van der Waals surface area contributed by atoms with Crippen molar-refractivity contribution in [3.05, 3.63) is 108 Å². The van der Waals surface area contributed by atoms with Crippen molar-refractivity contribution in [3.63, 3.8) is 0 Å². The Morgan fingerprint density at radius 3 is 2.41 bits per heavy atom. The number of fused-ring (bicyclic) bond motifs is 2. The molecule has 0 saturated heterocycles. The first-order valence-corrected chi connectivity index (χ1v) is 9.88. The van der Waals surface area contributed by atoms with Gasteiger partial charge in [0.15, 0.2) is 0 Å². The van der Waals surface area contributed by atoms with Gasteiger partial charge in [0.1, 0.15) is 23.7 Å². The number of benzene rings is 4. The fourth-order valence-electron chi connectivity index (χ4n) is 3.83. The summed E-state index contributed by atoms with van der Waals surface area (Å²) in [4.78, 5) is 4.77. The lowest BCUT2D eigenvalue weighted by Gasteiger charge is -2.12. The van der Waals surface area contributed by atoms with Crippen LogP contribution in [0.5, 0.6) is 5.75 Å². The van der Waals surface area contributed by atoms with Crippen LogP contribution in [-0.4, -0.2) is 9.55 Å². The average Bonchev–Trinajstić information content (AvgIpc) is 3.08. The van der Waals surface area contributed by atoms with E-state index in [0.717, 1.165) is 34.7 Å². The van der Waals surface area contributed by atoms with Crippen molar-refractivity contribution in [2.45, 2.75) is 20.1 Å². The number of rotatable bonds is 5. The van der Waals surface area contributed by atoms with Gasteiger partial charge in [0.05, 0.1) is 5.52 Å². The third-order valence-electron chi connectivity index (χ3n) is 5.31. The Hall–Kier alpha value is -3.59. The zero-order chi connectivity index (χ0) is 19.6. The molecule has 1 heterocycles. The van der Waals surface area contributed by atoms with Crippen LogP contribution in [0.2, 0.25) is 0 Å². The van der Waals surface area contributed by atoms with Crippen molar-refractivity contribution in [2.24, 2.45) is 0 Å². The highest BCUT2D eigenvalue weighted by Gasteiger charge is 2.13. The Bertz CT molecular complexity index is 1290. The zero-order valence-corrected chi connectivity index (χ0v) is 16.4. The summed E-state index contributed by atoms with van der Waals surface area (Å²) in [6.07, 6.45) is 0. The molecule has 142 valence electrons. The van der Waals surface area contributed by atoms with Gasteiger partial charge in [-0.15, -0.1) is 0 Å². The molecule has 0 radical (unpaired) electrons. The molecule has 29 heavy (non-hydrogen) atoms. The summed E-state index contributed by atoms with van der Waals surface area (Å²) in [5.41, 5.74) is 4.42. The van der Waals surface area contributed by atoms with Gasteiger partial charge >= 0.3 is 0 Å². The molecular formula is C26H22N2O. The minimum atomic E-state index is 0.542. The van der Waals surface area contributed by atoms with E-state index in [9.17, 15) is 0 Å². The van der Waals surface area contributed by atoms with Crippen LogP contribution in [0.3, 0.4) is 0 Å². The van der Waals surface area contributed by atoms with Crippen LogP contribution in [0, 0.1) is 6.92 Å². The predicted octanol–water partition coefficient (Wildman–Crippen LogP) is 6.13. The number of nitrogens with zero attached hydrogens (tertiary/aromatic N) is 2. The third kappa shape index (κ3) is 3.47. The molecule has 0 N–H and O–H groups in total. The van der Waals surface area contributed by atoms with Crippen LogP contribution < -0.4 is 4.74 Å². The second-order valence-corrected chi connectivity index (χ2v) is 7.32. The number of ether oxygens (including phenoxy) is 1. The molecule has 0 aliphatic rings. The first-order valence-electron chi connectivity index (χ1n) is 9.88. The Balaban J connectivity index is 1.51. The molecule has 0 amide bonds. The van der Waals surface area contributed by atoms with Gasteiger partial charge in [-0.2, -0.15) is 0 Å². The topological polar surface area (TPSA) is 27.1 Å². The highest BCUT2D eigenvalue weighted by Crippen LogP contribution is 2.28. The standard InChI is InChI=1S/C26H22N2O/c1-19-27-24-12-7-13-25(29-18-20-8-3-2-4-9-20)26(24)28(19)17-21-14-15-22-10-5-6-11-23(22)16-21/h2-16H,17-18H2,1H3. The number of aryl methyl sites for hydroxylation is 1. The van der Waals surface area contributed by atoms with Crippen molar-refractivity contribution in [2.75, 3.05) is 0 Å². The maximum absolute atomic E-state index is 6.21. The lowest BCUT2D eigenvalue weighted by molar-refractivity contribution is 0.308. The van der Waals surface area contributed by atoms with Gasteiger partial charge in [-0.25, -0.2) is 4.98 Å². The van der Waals surface area contributed by atoms with Crippen LogP contribution in [0.4, 0.5) is 0 Å². The van der Waals surface area contributed by atoms with E-state index in [1.54, 1.807) is 0 Å². The number of hydrogen-bond acceptors (Lipinski definition) is 2. The number of imidazole rings is 1. The highest BCUT2D eigenvalue weighted by molar-refractivity contribution is 5.84. The van der Waals surface area contributed by atoms with Gasteiger partial charge in [0.2, 0.25) is 0 Å². The van der Waals surface area contributed by atoms with E-state index in [1.165, 1.54) is 16.3 Å². The molecule has 0 aliphatic heterocycles. The third-order valence-corrected chi connectivity index (χ3v) is 5.31.